The molecule has 0 heterocycles. The van der Waals surface area contributed by atoms with Gasteiger partial charge in [0, 0.05) is 31.0 Å². The monoisotopic (exact) mass is 433 g/mol. The fourth-order valence-electron chi connectivity index (χ4n) is 2.36. The van der Waals surface area contributed by atoms with Crippen LogP contribution in [-0.2, 0) is 19.6 Å². The van der Waals surface area contributed by atoms with Gasteiger partial charge in [-0.25, -0.2) is 13.2 Å². The molecule has 1 atom stereocenters. The lowest BCUT2D eigenvalue weighted by molar-refractivity contribution is -0.117. The van der Waals surface area contributed by atoms with Crippen LogP contribution in [0.1, 0.15) is 13.8 Å². The number of anilines is 3. The molecule has 5 N–H and O–H groups in total. The third-order valence-electron chi connectivity index (χ3n) is 3.85. The van der Waals surface area contributed by atoms with E-state index in [0.717, 1.165) is 0 Å². The summed E-state index contributed by atoms with van der Waals surface area (Å²) in [6.45, 7) is 2.76. The first-order valence-corrected chi connectivity index (χ1v) is 10.4. The molecule has 4 amide bonds. The summed E-state index contributed by atoms with van der Waals surface area (Å²) >= 11 is 0. The van der Waals surface area contributed by atoms with Gasteiger partial charge in [-0.15, -0.1) is 0 Å². The SMILES string of the molecule is CNC(=O)Nc1ccc(NC(=O)[C@H](C)NS(=O)(=O)c2ccc(NC(C)=O)cc2)cc1. The van der Waals surface area contributed by atoms with Gasteiger partial charge in [-0.1, -0.05) is 0 Å². The number of urea groups is 1. The lowest BCUT2D eigenvalue weighted by atomic mass is 10.2. The van der Waals surface area contributed by atoms with E-state index < -0.39 is 22.0 Å². The summed E-state index contributed by atoms with van der Waals surface area (Å²) in [6, 6.07) is 10.5. The molecule has 0 saturated heterocycles. The fourth-order valence-corrected chi connectivity index (χ4v) is 3.56. The van der Waals surface area contributed by atoms with E-state index in [0.29, 0.717) is 17.1 Å². The quantitative estimate of drug-likeness (QED) is 0.451. The number of carbonyl (C=O) groups is 3. The summed E-state index contributed by atoms with van der Waals surface area (Å²) < 4.78 is 27.3. The highest BCUT2D eigenvalue weighted by Crippen LogP contribution is 2.16. The van der Waals surface area contributed by atoms with Crippen LogP contribution in [0.3, 0.4) is 0 Å². The molecule has 0 aromatic heterocycles. The van der Waals surface area contributed by atoms with Crippen LogP contribution in [0.4, 0.5) is 21.9 Å². The average Bonchev–Trinajstić information content (AvgIpc) is 2.69. The number of sulfonamides is 1. The Morgan fingerprint density at radius 2 is 1.27 bits per heavy atom. The number of amides is 4. The predicted octanol–water partition coefficient (Wildman–Crippen LogP) is 1.70. The maximum atomic E-state index is 12.5. The summed E-state index contributed by atoms with van der Waals surface area (Å²) in [7, 11) is -2.45. The minimum atomic E-state index is -3.94. The Hall–Kier alpha value is -3.44. The molecule has 2 aromatic carbocycles. The lowest BCUT2D eigenvalue weighted by Crippen LogP contribution is -2.41. The molecule has 10 nitrogen and oxygen atoms in total. The van der Waals surface area contributed by atoms with Crippen molar-refractivity contribution in [2.75, 3.05) is 23.0 Å². The molecular formula is C19H23N5O5S. The van der Waals surface area contributed by atoms with Crippen molar-refractivity contribution in [3.8, 4) is 0 Å². The summed E-state index contributed by atoms with van der Waals surface area (Å²) in [6.07, 6.45) is 0. The van der Waals surface area contributed by atoms with Crippen LogP contribution in [0, 0.1) is 0 Å². The van der Waals surface area contributed by atoms with Crippen molar-refractivity contribution in [1.82, 2.24) is 10.0 Å². The second-order valence-electron chi connectivity index (χ2n) is 6.32. The van der Waals surface area contributed by atoms with Gasteiger partial charge in [0.15, 0.2) is 0 Å². The van der Waals surface area contributed by atoms with E-state index in [1.54, 1.807) is 24.3 Å². The van der Waals surface area contributed by atoms with Gasteiger partial charge in [-0.05, 0) is 55.5 Å². The highest BCUT2D eigenvalue weighted by molar-refractivity contribution is 7.89. The molecule has 0 saturated carbocycles. The predicted molar refractivity (Wildman–Crippen MR) is 114 cm³/mol. The van der Waals surface area contributed by atoms with Gasteiger partial charge in [0.25, 0.3) is 0 Å². The van der Waals surface area contributed by atoms with E-state index >= 15 is 0 Å². The van der Waals surface area contributed by atoms with Crippen LogP contribution in [0.2, 0.25) is 0 Å². The Morgan fingerprint density at radius 3 is 1.77 bits per heavy atom. The normalized spacial score (nSPS) is 11.8. The molecule has 2 aromatic rings. The Bertz CT molecular complexity index is 1020. The maximum Gasteiger partial charge on any atom is 0.318 e. The molecular weight excluding hydrogens is 410 g/mol. The number of carbonyl (C=O) groups excluding carboxylic acids is 3. The fraction of sp³-hybridized carbons (Fsp3) is 0.211. The summed E-state index contributed by atoms with van der Waals surface area (Å²) in [4.78, 5) is 34.6. The molecule has 0 fully saturated rings. The van der Waals surface area contributed by atoms with Gasteiger partial charge < -0.3 is 21.3 Å². The van der Waals surface area contributed by atoms with Gasteiger partial charge in [-0.2, -0.15) is 4.72 Å². The highest BCUT2D eigenvalue weighted by Gasteiger charge is 2.22. The first-order chi connectivity index (χ1) is 14.1. The van der Waals surface area contributed by atoms with Gasteiger partial charge in [0.05, 0.1) is 10.9 Å². The third kappa shape index (κ3) is 6.57. The Labute approximate surface area is 174 Å². The number of hydrogen-bond acceptors (Lipinski definition) is 5. The zero-order chi connectivity index (χ0) is 22.3. The summed E-state index contributed by atoms with van der Waals surface area (Å²) in [5.41, 5.74) is 1.43. The van der Waals surface area contributed by atoms with E-state index in [1.165, 1.54) is 45.2 Å². The number of hydrogen-bond donors (Lipinski definition) is 5. The van der Waals surface area contributed by atoms with E-state index in [-0.39, 0.29) is 16.8 Å². The molecule has 0 radical (unpaired) electrons. The molecule has 0 bridgehead atoms. The van der Waals surface area contributed by atoms with E-state index in [9.17, 15) is 22.8 Å². The molecule has 0 unspecified atom stereocenters. The smallest absolute Gasteiger partial charge is 0.318 e. The van der Waals surface area contributed by atoms with Crippen LogP contribution >= 0.6 is 0 Å². The Morgan fingerprint density at radius 1 is 0.800 bits per heavy atom. The van der Waals surface area contributed by atoms with Gasteiger partial charge in [0.1, 0.15) is 0 Å². The topological polar surface area (TPSA) is 146 Å². The zero-order valence-corrected chi connectivity index (χ0v) is 17.5. The highest BCUT2D eigenvalue weighted by atomic mass is 32.2. The average molecular weight is 433 g/mol. The van der Waals surface area contributed by atoms with Crippen molar-refractivity contribution in [3.63, 3.8) is 0 Å². The van der Waals surface area contributed by atoms with Crippen LogP contribution in [-0.4, -0.2) is 39.4 Å². The molecule has 2 rings (SSSR count). The van der Waals surface area contributed by atoms with Crippen molar-refractivity contribution in [2.24, 2.45) is 0 Å². The first kappa shape index (κ1) is 22.8. The second-order valence-corrected chi connectivity index (χ2v) is 8.03. The van der Waals surface area contributed by atoms with E-state index in [4.69, 9.17) is 0 Å². The number of nitrogens with one attached hydrogen (secondary N) is 5. The van der Waals surface area contributed by atoms with Crippen molar-refractivity contribution >= 4 is 44.9 Å². The van der Waals surface area contributed by atoms with Crippen LogP contribution < -0.4 is 26.0 Å². The van der Waals surface area contributed by atoms with Gasteiger partial charge >= 0.3 is 6.03 Å². The summed E-state index contributed by atoms with van der Waals surface area (Å²) in [5, 5.41) is 10.1. The zero-order valence-electron chi connectivity index (χ0n) is 16.6. The minimum absolute atomic E-state index is 0.0409. The standard InChI is InChI=1S/C19H23N5O5S/c1-12(18(26)22-15-4-6-16(7-5-15)23-19(27)20-3)24-30(28,29)17-10-8-14(9-11-17)21-13(2)25/h4-12,24H,1-3H3,(H,21,25)(H,22,26)(H2,20,23,27)/t12-/m0/s1. The first-order valence-electron chi connectivity index (χ1n) is 8.90. The molecule has 0 aliphatic carbocycles. The Balaban J connectivity index is 1.98. The number of benzene rings is 2. The molecule has 0 aliphatic rings. The van der Waals surface area contributed by atoms with E-state index in [2.05, 4.69) is 26.0 Å². The Kier molecular flexibility index (Phi) is 7.50. The van der Waals surface area contributed by atoms with Crippen LogP contribution in [0.25, 0.3) is 0 Å². The van der Waals surface area contributed by atoms with Crippen molar-refractivity contribution in [1.29, 1.82) is 0 Å². The maximum absolute atomic E-state index is 12.5. The van der Waals surface area contributed by atoms with Crippen molar-refractivity contribution in [2.45, 2.75) is 24.8 Å². The lowest BCUT2D eigenvalue weighted by Gasteiger charge is -2.15. The molecule has 30 heavy (non-hydrogen) atoms. The molecule has 11 heteroatoms. The van der Waals surface area contributed by atoms with Crippen LogP contribution in [0.15, 0.2) is 53.4 Å². The second kappa shape index (κ2) is 9.85. The largest absolute Gasteiger partial charge is 0.341 e. The van der Waals surface area contributed by atoms with Crippen molar-refractivity contribution in [3.05, 3.63) is 48.5 Å². The number of rotatable bonds is 7. The van der Waals surface area contributed by atoms with Gasteiger partial charge in [-0.3, -0.25) is 9.59 Å². The van der Waals surface area contributed by atoms with E-state index in [1.807, 2.05) is 0 Å². The van der Waals surface area contributed by atoms with Crippen LogP contribution in [0.5, 0.6) is 0 Å². The molecule has 160 valence electrons. The summed E-state index contributed by atoms with van der Waals surface area (Å²) in [5.74, 6) is -0.827. The van der Waals surface area contributed by atoms with Gasteiger partial charge in [0.2, 0.25) is 21.8 Å². The molecule has 0 spiro atoms. The third-order valence-corrected chi connectivity index (χ3v) is 5.40. The van der Waals surface area contributed by atoms with Crippen molar-refractivity contribution < 1.29 is 22.8 Å². The molecule has 0 aliphatic heterocycles. The minimum Gasteiger partial charge on any atom is -0.341 e.